The van der Waals surface area contributed by atoms with Crippen LogP contribution in [-0.4, -0.2) is 16.1 Å². The SMILES string of the molecule is Cc1ccccc1NCCc1nc2c(F)cccc2n1C. The number of aromatic nitrogens is 2. The lowest BCUT2D eigenvalue weighted by atomic mass is 10.2. The van der Waals surface area contributed by atoms with E-state index >= 15 is 0 Å². The summed E-state index contributed by atoms with van der Waals surface area (Å²) in [6.45, 7) is 2.84. The molecule has 21 heavy (non-hydrogen) atoms. The standard InChI is InChI=1S/C17H18FN3/c1-12-6-3-4-8-14(12)19-11-10-16-20-17-13(18)7-5-9-15(17)21(16)2/h3-9,19H,10-11H2,1-2H3. The number of anilines is 1. The van der Waals surface area contributed by atoms with E-state index in [1.807, 2.05) is 29.8 Å². The third-order valence-electron chi connectivity index (χ3n) is 3.76. The lowest BCUT2D eigenvalue weighted by Crippen LogP contribution is -2.09. The van der Waals surface area contributed by atoms with Crippen molar-refractivity contribution in [3.63, 3.8) is 0 Å². The Labute approximate surface area is 123 Å². The third-order valence-corrected chi connectivity index (χ3v) is 3.76. The van der Waals surface area contributed by atoms with E-state index in [2.05, 4.69) is 29.4 Å². The molecule has 0 bridgehead atoms. The molecule has 0 unspecified atom stereocenters. The molecule has 0 aliphatic rings. The van der Waals surface area contributed by atoms with Gasteiger partial charge in [-0.05, 0) is 30.7 Å². The molecular formula is C17H18FN3. The predicted molar refractivity (Wildman–Crippen MR) is 84.0 cm³/mol. The van der Waals surface area contributed by atoms with E-state index in [1.54, 1.807) is 6.07 Å². The molecule has 0 radical (unpaired) electrons. The summed E-state index contributed by atoms with van der Waals surface area (Å²) in [7, 11) is 1.93. The normalized spacial score (nSPS) is 11.0. The molecule has 2 aromatic carbocycles. The van der Waals surface area contributed by atoms with Crippen molar-refractivity contribution in [2.45, 2.75) is 13.3 Å². The highest BCUT2D eigenvalue weighted by Gasteiger charge is 2.10. The summed E-state index contributed by atoms with van der Waals surface area (Å²) in [6.07, 6.45) is 0.749. The molecule has 0 saturated carbocycles. The molecule has 1 aromatic heterocycles. The van der Waals surface area contributed by atoms with Crippen LogP contribution in [0.15, 0.2) is 42.5 Å². The van der Waals surface area contributed by atoms with Crippen LogP contribution < -0.4 is 5.32 Å². The summed E-state index contributed by atoms with van der Waals surface area (Å²) in [4.78, 5) is 4.41. The smallest absolute Gasteiger partial charge is 0.151 e. The first kappa shape index (κ1) is 13.6. The van der Waals surface area contributed by atoms with E-state index in [0.717, 1.165) is 30.0 Å². The second kappa shape index (κ2) is 5.56. The molecule has 3 nitrogen and oxygen atoms in total. The first-order valence-corrected chi connectivity index (χ1v) is 7.06. The average molecular weight is 283 g/mol. The molecule has 3 aromatic rings. The first-order valence-electron chi connectivity index (χ1n) is 7.06. The molecule has 1 heterocycles. The maximum atomic E-state index is 13.7. The van der Waals surface area contributed by atoms with Crippen molar-refractivity contribution in [3.05, 3.63) is 59.7 Å². The Hall–Kier alpha value is -2.36. The van der Waals surface area contributed by atoms with Gasteiger partial charge in [0.15, 0.2) is 5.82 Å². The lowest BCUT2D eigenvalue weighted by molar-refractivity contribution is 0.637. The number of hydrogen-bond donors (Lipinski definition) is 1. The van der Waals surface area contributed by atoms with Crippen LogP contribution in [0.3, 0.4) is 0 Å². The summed E-state index contributed by atoms with van der Waals surface area (Å²) in [5.41, 5.74) is 3.63. The van der Waals surface area contributed by atoms with E-state index in [9.17, 15) is 4.39 Å². The Morgan fingerprint density at radius 1 is 1.14 bits per heavy atom. The average Bonchev–Trinajstić information content (AvgIpc) is 2.80. The molecule has 0 spiro atoms. The zero-order valence-corrected chi connectivity index (χ0v) is 12.2. The third kappa shape index (κ3) is 2.61. The molecule has 3 rings (SSSR count). The Morgan fingerprint density at radius 2 is 1.95 bits per heavy atom. The topological polar surface area (TPSA) is 29.9 Å². The number of fused-ring (bicyclic) bond motifs is 1. The Kier molecular flexibility index (Phi) is 3.60. The van der Waals surface area contributed by atoms with Gasteiger partial charge in [0.2, 0.25) is 0 Å². The largest absolute Gasteiger partial charge is 0.384 e. The number of para-hydroxylation sites is 2. The van der Waals surface area contributed by atoms with Gasteiger partial charge in [-0.1, -0.05) is 24.3 Å². The molecule has 0 amide bonds. The highest BCUT2D eigenvalue weighted by atomic mass is 19.1. The van der Waals surface area contributed by atoms with Crippen molar-refractivity contribution in [1.82, 2.24) is 9.55 Å². The van der Waals surface area contributed by atoms with Crippen molar-refractivity contribution in [2.75, 3.05) is 11.9 Å². The van der Waals surface area contributed by atoms with Crippen LogP contribution in [-0.2, 0) is 13.5 Å². The summed E-state index contributed by atoms with van der Waals surface area (Å²) in [5, 5.41) is 3.40. The van der Waals surface area contributed by atoms with Crippen molar-refractivity contribution in [3.8, 4) is 0 Å². The number of rotatable bonds is 4. The number of hydrogen-bond acceptors (Lipinski definition) is 2. The highest BCUT2D eigenvalue weighted by Crippen LogP contribution is 2.18. The van der Waals surface area contributed by atoms with Gasteiger partial charge in [0.05, 0.1) is 5.52 Å². The molecule has 108 valence electrons. The van der Waals surface area contributed by atoms with Gasteiger partial charge in [-0.3, -0.25) is 0 Å². The molecule has 0 saturated heterocycles. The van der Waals surface area contributed by atoms with E-state index < -0.39 is 0 Å². The molecule has 0 atom stereocenters. The number of nitrogens with zero attached hydrogens (tertiary/aromatic N) is 2. The molecule has 1 N–H and O–H groups in total. The van der Waals surface area contributed by atoms with Crippen LogP contribution in [0.1, 0.15) is 11.4 Å². The number of benzene rings is 2. The zero-order chi connectivity index (χ0) is 14.8. The number of imidazole rings is 1. The quantitative estimate of drug-likeness (QED) is 0.791. The minimum absolute atomic E-state index is 0.263. The van der Waals surface area contributed by atoms with Crippen molar-refractivity contribution in [2.24, 2.45) is 7.05 Å². The molecule has 0 fully saturated rings. The van der Waals surface area contributed by atoms with Gasteiger partial charge >= 0.3 is 0 Å². The molecule has 0 aliphatic carbocycles. The second-order valence-corrected chi connectivity index (χ2v) is 5.19. The molecule has 4 heteroatoms. The number of nitrogens with one attached hydrogen (secondary N) is 1. The second-order valence-electron chi connectivity index (χ2n) is 5.19. The maximum absolute atomic E-state index is 13.7. The van der Waals surface area contributed by atoms with Crippen molar-refractivity contribution in [1.29, 1.82) is 0 Å². The maximum Gasteiger partial charge on any atom is 0.151 e. The van der Waals surface area contributed by atoms with Crippen LogP contribution in [0.25, 0.3) is 11.0 Å². The van der Waals surface area contributed by atoms with Crippen LogP contribution in [0, 0.1) is 12.7 Å². The predicted octanol–water partition coefficient (Wildman–Crippen LogP) is 3.68. The Bertz CT molecular complexity index is 777. The van der Waals surface area contributed by atoms with E-state index in [-0.39, 0.29) is 5.82 Å². The fourth-order valence-electron chi connectivity index (χ4n) is 2.53. The lowest BCUT2D eigenvalue weighted by Gasteiger charge is -2.09. The molecular weight excluding hydrogens is 265 g/mol. The van der Waals surface area contributed by atoms with Crippen LogP contribution >= 0.6 is 0 Å². The summed E-state index contributed by atoms with van der Waals surface area (Å²) in [6, 6.07) is 13.2. The Balaban J connectivity index is 1.75. The van der Waals surface area contributed by atoms with Crippen molar-refractivity contribution >= 4 is 16.7 Å². The molecule has 0 aliphatic heterocycles. The summed E-state index contributed by atoms with van der Waals surface area (Å²) < 4.78 is 15.7. The van der Waals surface area contributed by atoms with Gasteiger partial charge < -0.3 is 9.88 Å². The van der Waals surface area contributed by atoms with Crippen LogP contribution in [0.4, 0.5) is 10.1 Å². The fourth-order valence-corrected chi connectivity index (χ4v) is 2.53. The van der Waals surface area contributed by atoms with Gasteiger partial charge in [-0.25, -0.2) is 9.37 Å². The number of aryl methyl sites for hydroxylation is 2. The van der Waals surface area contributed by atoms with E-state index in [1.165, 1.54) is 11.6 Å². The van der Waals surface area contributed by atoms with Crippen LogP contribution in [0.5, 0.6) is 0 Å². The first-order chi connectivity index (χ1) is 10.2. The summed E-state index contributed by atoms with van der Waals surface area (Å²) >= 11 is 0. The van der Waals surface area contributed by atoms with E-state index in [4.69, 9.17) is 0 Å². The zero-order valence-electron chi connectivity index (χ0n) is 12.2. The Morgan fingerprint density at radius 3 is 2.71 bits per heavy atom. The van der Waals surface area contributed by atoms with Gasteiger partial charge in [0.25, 0.3) is 0 Å². The fraction of sp³-hybridized carbons (Fsp3) is 0.235. The minimum atomic E-state index is -0.263. The van der Waals surface area contributed by atoms with Gasteiger partial charge in [-0.15, -0.1) is 0 Å². The highest BCUT2D eigenvalue weighted by molar-refractivity contribution is 5.76. The number of halogens is 1. The summed E-state index contributed by atoms with van der Waals surface area (Å²) in [5.74, 6) is 0.623. The monoisotopic (exact) mass is 283 g/mol. The van der Waals surface area contributed by atoms with Crippen LogP contribution in [0.2, 0.25) is 0 Å². The van der Waals surface area contributed by atoms with Crippen molar-refractivity contribution < 1.29 is 4.39 Å². The minimum Gasteiger partial charge on any atom is -0.384 e. The van der Waals surface area contributed by atoms with Gasteiger partial charge in [0.1, 0.15) is 11.3 Å². The van der Waals surface area contributed by atoms with Gasteiger partial charge in [-0.2, -0.15) is 0 Å². The van der Waals surface area contributed by atoms with Gasteiger partial charge in [0, 0.05) is 25.7 Å². The van der Waals surface area contributed by atoms with E-state index in [0.29, 0.717) is 5.52 Å².